The highest BCUT2D eigenvalue weighted by atomic mass is 35.5. The smallest absolute Gasteiger partial charge is 0.410 e. The first-order valence-electron chi connectivity index (χ1n) is 26.9. The van der Waals surface area contributed by atoms with E-state index in [0.717, 1.165) is 61.5 Å². The molecule has 16 heteroatoms. The number of halogens is 2. The van der Waals surface area contributed by atoms with Crippen molar-refractivity contribution in [3.05, 3.63) is 118 Å². The second-order valence-electron chi connectivity index (χ2n) is 23.4. The summed E-state index contributed by atoms with van der Waals surface area (Å²) in [6.45, 7) is 19.4. The molecule has 4 heterocycles. The minimum absolute atomic E-state index is 0.0742. The Morgan fingerprint density at radius 1 is 0.603 bits per heavy atom. The lowest BCUT2D eigenvalue weighted by Crippen LogP contribution is -2.57. The number of fused-ring (bicyclic) bond motifs is 4. The molecule has 4 aliphatic rings. The van der Waals surface area contributed by atoms with Gasteiger partial charge in [0.15, 0.2) is 12.2 Å². The Morgan fingerprint density at radius 3 is 1.38 bits per heavy atom. The third-order valence-corrected chi connectivity index (χ3v) is 14.9. The summed E-state index contributed by atoms with van der Waals surface area (Å²) < 4.78 is 23.6. The van der Waals surface area contributed by atoms with E-state index < -0.39 is 23.4 Å². The Balaban J connectivity index is 0.000000190. The van der Waals surface area contributed by atoms with Crippen LogP contribution in [-0.4, -0.2) is 129 Å². The molecule has 14 nitrogen and oxygen atoms in total. The second-order valence-corrected chi connectivity index (χ2v) is 24.3. The SMILES string of the molecule is Cc1cc(-c2cc3c(cc2Cl)N(CC2CN(C(=O)OC(C)(C)C)C2)C(=O)[C@@H](CCN(C)C)O3)c2ccccc2c1.Cc1cc(-c2cc3c(cc2Cl)N(CC2CN(C(=O)OC(C)(C)C)C2)C(=O)[C@@H](CCN)O3)c2ccccc2c1. The van der Waals surface area contributed by atoms with Crippen LogP contribution < -0.4 is 25.0 Å². The summed E-state index contributed by atoms with van der Waals surface area (Å²) in [5, 5.41) is 5.59. The molecule has 4 amide bonds. The van der Waals surface area contributed by atoms with Crippen LogP contribution >= 0.6 is 23.2 Å². The number of carbonyl (C=O) groups excluding carboxylic acids is 4. The van der Waals surface area contributed by atoms with Gasteiger partial charge < -0.3 is 49.2 Å². The molecule has 4 aliphatic heterocycles. The number of hydrogen-bond donors (Lipinski definition) is 1. The topological polar surface area (TPSA) is 147 Å². The predicted molar refractivity (Wildman–Crippen MR) is 311 cm³/mol. The number of benzene rings is 6. The fourth-order valence-corrected chi connectivity index (χ4v) is 11.1. The molecule has 412 valence electrons. The maximum absolute atomic E-state index is 13.7. The van der Waals surface area contributed by atoms with Gasteiger partial charge in [0.05, 0.1) is 21.4 Å². The van der Waals surface area contributed by atoms with Gasteiger partial charge in [0.1, 0.15) is 22.7 Å². The van der Waals surface area contributed by atoms with Gasteiger partial charge in [0.25, 0.3) is 11.8 Å². The van der Waals surface area contributed by atoms with Crippen molar-refractivity contribution in [2.45, 2.75) is 91.6 Å². The molecule has 78 heavy (non-hydrogen) atoms. The number of nitrogens with zero attached hydrogens (tertiary/aromatic N) is 5. The van der Waals surface area contributed by atoms with Gasteiger partial charge in [-0.2, -0.15) is 0 Å². The fourth-order valence-electron chi connectivity index (χ4n) is 10.6. The van der Waals surface area contributed by atoms with E-state index in [9.17, 15) is 19.2 Å². The lowest BCUT2D eigenvalue weighted by molar-refractivity contribution is -0.127. The lowest BCUT2D eigenvalue weighted by atomic mass is 9.94. The lowest BCUT2D eigenvalue weighted by Gasteiger charge is -2.43. The summed E-state index contributed by atoms with van der Waals surface area (Å²) in [5.74, 6) is 1.30. The van der Waals surface area contributed by atoms with Crippen molar-refractivity contribution in [2.24, 2.45) is 17.6 Å². The van der Waals surface area contributed by atoms with Gasteiger partial charge in [-0.25, -0.2) is 9.59 Å². The maximum atomic E-state index is 13.7. The van der Waals surface area contributed by atoms with Crippen LogP contribution in [0.5, 0.6) is 11.5 Å². The van der Waals surface area contributed by atoms with E-state index >= 15 is 0 Å². The second kappa shape index (κ2) is 22.6. The summed E-state index contributed by atoms with van der Waals surface area (Å²) in [6.07, 6.45) is -0.935. The fraction of sp³-hybridized carbons (Fsp3) is 0.419. The first-order valence-corrected chi connectivity index (χ1v) is 27.6. The van der Waals surface area contributed by atoms with Crippen LogP contribution in [0.4, 0.5) is 21.0 Å². The zero-order valence-corrected chi connectivity index (χ0v) is 48.0. The standard InChI is InChI=1S/C32H38ClN3O4.C30H34ClN3O4/c1-20-13-22-9-7-8-10-23(22)24(14-20)25-15-29-27(16-26(25)33)36(30(37)28(39-29)11-12-34(5)6)19-21-17-35(18-21)31(38)40-32(2,3)4;1-18-11-20-7-5-6-8-21(20)22(12-18)23-13-27-25(14-24(23)31)34(28(35)26(37-27)9-10-32)17-19-15-33(16-19)29(36)38-30(2,3)4/h7-10,13-16,21,28H,11-12,17-19H2,1-6H3;5-8,11-14,19,26H,9-10,15-17,32H2,1-4H3/t28-;26-/m11/s1. The first kappa shape index (κ1) is 56.2. The van der Waals surface area contributed by atoms with E-state index in [1.807, 2.05) is 109 Å². The zero-order chi connectivity index (χ0) is 56.0. The number of hydrogen-bond acceptors (Lipinski definition) is 10. The summed E-state index contributed by atoms with van der Waals surface area (Å²) in [6, 6.07) is 32.7. The van der Waals surface area contributed by atoms with Gasteiger partial charge in [-0.3, -0.25) is 9.59 Å². The molecule has 0 spiro atoms. The largest absolute Gasteiger partial charge is 0.478 e. The van der Waals surface area contributed by atoms with Crippen LogP contribution in [0.25, 0.3) is 43.8 Å². The zero-order valence-electron chi connectivity index (χ0n) is 46.5. The van der Waals surface area contributed by atoms with Crippen molar-refractivity contribution in [1.29, 1.82) is 0 Å². The molecule has 10 rings (SSSR count). The van der Waals surface area contributed by atoms with Gasteiger partial charge in [-0.15, -0.1) is 0 Å². The van der Waals surface area contributed by atoms with E-state index in [0.29, 0.717) is 91.6 Å². The van der Waals surface area contributed by atoms with E-state index in [1.54, 1.807) is 19.6 Å². The Bertz CT molecular complexity index is 3270. The van der Waals surface area contributed by atoms with Crippen LogP contribution in [0, 0.1) is 25.7 Å². The van der Waals surface area contributed by atoms with Crippen LogP contribution in [0.2, 0.25) is 10.0 Å². The highest BCUT2D eigenvalue weighted by Crippen LogP contribution is 2.47. The minimum atomic E-state index is -0.669. The summed E-state index contributed by atoms with van der Waals surface area (Å²) >= 11 is 13.8. The van der Waals surface area contributed by atoms with Gasteiger partial charge in [0.2, 0.25) is 0 Å². The quantitative estimate of drug-likeness (QED) is 0.133. The van der Waals surface area contributed by atoms with Crippen LogP contribution in [0.3, 0.4) is 0 Å². The van der Waals surface area contributed by atoms with Crippen molar-refractivity contribution in [1.82, 2.24) is 14.7 Å². The van der Waals surface area contributed by atoms with Crippen molar-refractivity contribution < 1.29 is 38.1 Å². The third kappa shape index (κ3) is 12.5. The number of nitrogens with two attached hydrogens (primary N) is 1. The molecule has 0 aliphatic carbocycles. The van der Waals surface area contributed by atoms with E-state index in [2.05, 4.69) is 62.4 Å². The van der Waals surface area contributed by atoms with Gasteiger partial charge in [-0.05, 0) is 144 Å². The molecular weight excluding hydrogens is 1030 g/mol. The Hall–Kier alpha value is -6.58. The monoisotopic (exact) mass is 1100 g/mol. The molecule has 6 aromatic rings. The Morgan fingerprint density at radius 2 is 1.00 bits per heavy atom. The van der Waals surface area contributed by atoms with E-state index in [1.165, 1.54) is 0 Å². The first-order chi connectivity index (χ1) is 36.9. The molecule has 0 aromatic heterocycles. The molecule has 0 unspecified atom stereocenters. The van der Waals surface area contributed by atoms with Gasteiger partial charge in [-0.1, -0.05) is 96.0 Å². The summed E-state index contributed by atoms with van der Waals surface area (Å²) in [7, 11) is 3.97. The molecule has 0 radical (unpaired) electrons. The molecule has 0 saturated carbocycles. The van der Waals surface area contributed by atoms with Crippen molar-refractivity contribution in [3.8, 4) is 33.8 Å². The molecule has 0 bridgehead atoms. The number of ether oxygens (including phenoxy) is 4. The molecule has 2 fully saturated rings. The Labute approximate surface area is 468 Å². The average Bonchev–Trinajstić information content (AvgIpc) is 3.47. The van der Waals surface area contributed by atoms with Crippen molar-refractivity contribution in [2.75, 3.05) is 76.3 Å². The number of aryl methyl sites for hydroxylation is 2. The van der Waals surface area contributed by atoms with Crippen molar-refractivity contribution in [3.63, 3.8) is 0 Å². The number of rotatable bonds is 11. The number of likely N-dealkylation sites (tertiary alicyclic amines) is 2. The number of anilines is 2. The van der Waals surface area contributed by atoms with Gasteiger partial charge in [0, 0.05) is 81.6 Å². The highest BCUT2D eigenvalue weighted by molar-refractivity contribution is 6.35. The molecule has 2 saturated heterocycles. The van der Waals surface area contributed by atoms with Gasteiger partial charge >= 0.3 is 12.2 Å². The van der Waals surface area contributed by atoms with Crippen LogP contribution in [-0.2, 0) is 19.1 Å². The number of amides is 4. The number of carbonyl (C=O) groups is 4. The molecular formula is C62H72Cl2N6O8. The molecule has 2 atom stereocenters. The van der Waals surface area contributed by atoms with E-state index in [-0.39, 0.29) is 35.8 Å². The van der Waals surface area contributed by atoms with Crippen LogP contribution in [0.15, 0.2) is 97.1 Å². The molecule has 6 aromatic carbocycles. The molecule has 2 N–H and O–H groups in total. The van der Waals surface area contributed by atoms with Crippen molar-refractivity contribution >= 4 is 80.1 Å². The predicted octanol–water partition coefficient (Wildman–Crippen LogP) is 12.2. The Kier molecular flexibility index (Phi) is 16.3. The third-order valence-electron chi connectivity index (χ3n) is 14.3. The average molecular weight is 1100 g/mol. The minimum Gasteiger partial charge on any atom is -0.478 e. The van der Waals surface area contributed by atoms with E-state index in [4.69, 9.17) is 47.9 Å². The maximum Gasteiger partial charge on any atom is 0.410 e. The summed E-state index contributed by atoms with van der Waals surface area (Å²) in [4.78, 5) is 60.9. The highest BCUT2D eigenvalue weighted by Gasteiger charge is 2.42. The summed E-state index contributed by atoms with van der Waals surface area (Å²) in [5.41, 5.74) is 12.1. The normalized spacial score (nSPS) is 17.7. The van der Waals surface area contributed by atoms with Crippen LogP contribution in [0.1, 0.15) is 65.5 Å².